The number of amides is 1. The summed E-state index contributed by atoms with van der Waals surface area (Å²) in [6, 6.07) is 5.08. The zero-order valence-electron chi connectivity index (χ0n) is 22.6. The molecule has 4 N–H and O–H groups in total. The van der Waals surface area contributed by atoms with Crippen LogP contribution >= 0.6 is 0 Å². The second-order valence-corrected chi connectivity index (χ2v) is 10.3. The Morgan fingerprint density at radius 1 is 1.03 bits per heavy atom. The minimum Gasteiger partial charge on any atom is -0.494 e. The molecule has 1 amide bonds. The van der Waals surface area contributed by atoms with Crippen molar-refractivity contribution in [1.82, 2.24) is 20.0 Å². The van der Waals surface area contributed by atoms with Crippen LogP contribution in [0.2, 0.25) is 0 Å². The summed E-state index contributed by atoms with van der Waals surface area (Å²) in [7, 11) is 1.44. The predicted octanol–water partition coefficient (Wildman–Crippen LogP) is 2.43. The quantitative estimate of drug-likeness (QED) is 0.282. The first-order valence-electron chi connectivity index (χ1n) is 14.0. The van der Waals surface area contributed by atoms with E-state index in [-0.39, 0.29) is 11.7 Å². The summed E-state index contributed by atoms with van der Waals surface area (Å²) in [6.45, 7) is 5.43. The number of aliphatic imine (C=N–C) groups is 2. The third-order valence-electron chi connectivity index (χ3n) is 7.61. The zero-order chi connectivity index (χ0) is 26.7. The van der Waals surface area contributed by atoms with Gasteiger partial charge in [0.05, 0.1) is 20.3 Å². The smallest absolute Gasteiger partial charge is 0.236 e. The first-order chi connectivity index (χ1) is 18.5. The molecule has 2 heterocycles. The number of nitrogens with two attached hydrogens (primary N) is 1. The summed E-state index contributed by atoms with van der Waals surface area (Å²) in [5.74, 6) is 0.590. The van der Waals surface area contributed by atoms with Gasteiger partial charge >= 0.3 is 0 Å². The molecule has 2 saturated heterocycles. The van der Waals surface area contributed by atoms with Gasteiger partial charge < -0.3 is 25.6 Å². The van der Waals surface area contributed by atoms with Crippen LogP contribution in [0.25, 0.3) is 0 Å². The highest BCUT2D eigenvalue weighted by Gasteiger charge is 2.24. The second-order valence-electron chi connectivity index (χ2n) is 10.3. The van der Waals surface area contributed by atoms with Crippen LogP contribution in [-0.4, -0.2) is 98.2 Å². The zero-order valence-corrected chi connectivity index (χ0v) is 22.6. The Labute approximate surface area is 225 Å². The average Bonchev–Trinajstić information content (AvgIpc) is 3.34. The summed E-state index contributed by atoms with van der Waals surface area (Å²) < 4.78 is 19.3. The van der Waals surface area contributed by atoms with Crippen LogP contribution in [0, 0.1) is 5.82 Å². The molecule has 0 unspecified atom stereocenters. The van der Waals surface area contributed by atoms with Gasteiger partial charge in [0.1, 0.15) is 0 Å². The molecule has 11 heteroatoms. The van der Waals surface area contributed by atoms with Crippen molar-refractivity contribution >= 4 is 23.5 Å². The summed E-state index contributed by atoms with van der Waals surface area (Å²) in [5.41, 5.74) is 6.92. The molecule has 1 saturated carbocycles. The van der Waals surface area contributed by atoms with Gasteiger partial charge in [-0.1, -0.05) is 25.7 Å². The lowest BCUT2D eigenvalue weighted by Crippen LogP contribution is -2.53. The molecule has 210 valence electrons. The number of nitrogens with zero attached hydrogens (tertiary/aromatic N) is 5. The van der Waals surface area contributed by atoms with E-state index in [0.717, 1.165) is 51.9 Å². The molecule has 1 aromatic carbocycles. The first-order valence-corrected chi connectivity index (χ1v) is 14.0. The van der Waals surface area contributed by atoms with Gasteiger partial charge in [-0.25, -0.2) is 9.38 Å². The van der Waals surface area contributed by atoms with E-state index in [1.54, 1.807) is 12.1 Å². The lowest BCUT2D eigenvalue weighted by atomic mass is 10.1. The van der Waals surface area contributed by atoms with Crippen molar-refractivity contribution in [2.24, 2.45) is 15.7 Å². The lowest BCUT2D eigenvalue weighted by molar-refractivity contribution is -0.131. The number of benzene rings is 1. The maximum absolute atomic E-state index is 14.3. The van der Waals surface area contributed by atoms with E-state index in [9.17, 15) is 9.18 Å². The lowest BCUT2D eigenvalue weighted by Gasteiger charge is -2.35. The Bertz CT molecular complexity index is 966. The fourth-order valence-electron chi connectivity index (χ4n) is 5.28. The van der Waals surface area contributed by atoms with E-state index in [1.165, 1.54) is 38.9 Å². The molecular weight excluding hydrogens is 487 g/mol. The van der Waals surface area contributed by atoms with Crippen molar-refractivity contribution < 1.29 is 13.9 Å². The molecule has 0 bridgehead atoms. The van der Waals surface area contributed by atoms with E-state index < -0.39 is 5.82 Å². The molecule has 0 spiro atoms. The molecule has 0 aromatic heterocycles. The Kier molecular flexibility index (Phi) is 10.6. The number of carbonyl (C=O) groups is 1. The van der Waals surface area contributed by atoms with Gasteiger partial charge in [-0.15, -0.1) is 0 Å². The van der Waals surface area contributed by atoms with E-state index in [0.29, 0.717) is 50.0 Å². The highest BCUT2D eigenvalue weighted by Crippen LogP contribution is 2.21. The Morgan fingerprint density at radius 2 is 1.74 bits per heavy atom. The number of carbonyl (C=O) groups excluding carboxylic acids is 1. The van der Waals surface area contributed by atoms with Crippen LogP contribution in [0.15, 0.2) is 28.2 Å². The fourth-order valence-corrected chi connectivity index (χ4v) is 5.28. The maximum atomic E-state index is 14.3. The molecule has 1 aromatic rings. The molecule has 38 heavy (non-hydrogen) atoms. The van der Waals surface area contributed by atoms with Gasteiger partial charge in [-0.3, -0.25) is 15.0 Å². The number of piperazine rings is 1. The molecule has 2 aliphatic heterocycles. The fraction of sp³-hybridized carbons (Fsp3) is 0.667. The molecule has 4 rings (SSSR count). The SMILES string of the molecule is COc1ccc(NC(=N/CNC2CCCCCC2)/N=C(\N)N2CCN(CC(=O)N3CCCC3)CC2)cc1F. The van der Waals surface area contributed by atoms with E-state index in [2.05, 4.69) is 25.5 Å². The minimum absolute atomic E-state index is 0.174. The number of hydrogen-bond acceptors (Lipinski definition) is 5. The number of guanidine groups is 2. The summed E-state index contributed by atoms with van der Waals surface area (Å²) in [5, 5.41) is 6.64. The number of anilines is 1. The van der Waals surface area contributed by atoms with Crippen molar-refractivity contribution in [1.29, 1.82) is 0 Å². The van der Waals surface area contributed by atoms with Crippen molar-refractivity contribution in [3.05, 3.63) is 24.0 Å². The number of halogens is 1. The van der Waals surface area contributed by atoms with E-state index in [4.69, 9.17) is 10.5 Å². The van der Waals surface area contributed by atoms with Crippen molar-refractivity contribution in [3.63, 3.8) is 0 Å². The highest BCUT2D eigenvalue weighted by atomic mass is 19.1. The summed E-state index contributed by atoms with van der Waals surface area (Å²) in [4.78, 5) is 27.9. The van der Waals surface area contributed by atoms with Crippen LogP contribution in [-0.2, 0) is 4.79 Å². The van der Waals surface area contributed by atoms with Gasteiger partial charge in [0.2, 0.25) is 11.9 Å². The first kappa shape index (κ1) is 28.1. The maximum Gasteiger partial charge on any atom is 0.236 e. The number of methoxy groups -OCH3 is 1. The molecule has 3 fully saturated rings. The summed E-state index contributed by atoms with van der Waals surface area (Å²) in [6.07, 6.45) is 9.55. The monoisotopic (exact) mass is 530 g/mol. The third kappa shape index (κ3) is 8.29. The molecular formula is C27H43FN8O2. The number of rotatable bonds is 7. The van der Waals surface area contributed by atoms with Crippen LogP contribution in [0.4, 0.5) is 10.1 Å². The van der Waals surface area contributed by atoms with Crippen molar-refractivity contribution in [2.45, 2.75) is 57.4 Å². The van der Waals surface area contributed by atoms with Crippen LogP contribution in [0.1, 0.15) is 51.4 Å². The molecule has 0 atom stereocenters. The number of nitrogens with one attached hydrogen (secondary N) is 2. The van der Waals surface area contributed by atoms with E-state index >= 15 is 0 Å². The Morgan fingerprint density at radius 3 is 2.39 bits per heavy atom. The second kappa shape index (κ2) is 14.3. The van der Waals surface area contributed by atoms with Gasteiger partial charge in [-0.05, 0) is 37.8 Å². The number of hydrogen-bond donors (Lipinski definition) is 3. The summed E-state index contributed by atoms with van der Waals surface area (Å²) >= 11 is 0. The normalized spacial score (nSPS) is 20.5. The van der Waals surface area contributed by atoms with Gasteiger partial charge in [-0.2, -0.15) is 4.99 Å². The van der Waals surface area contributed by atoms with Crippen molar-refractivity contribution in [3.8, 4) is 5.75 Å². The standard InChI is InChI=1S/C27H43FN8O2/c1-38-24-11-10-22(18-23(24)28)32-27(31-20-30-21-8-4-2-3-5-9-21)33-26(29)36-16-14-34(15-17-36)19-25(37)35-12-6-7-13-35/h10-11,18,21,30H,2-9,12-17,19-20H2,1H3,(H3,29,31,32,33). The Balaban J connectivity index is 1.37. The minimum atomic E-state index is -0.468. The highest BCUT2D eigenvalue weighted by molar-refractivity contribution is 6.01. The third-order valence-corrected chi connectivity index (χ3v) is 7.61. The average molecular weight is 531 g/mol. The molecule has 3 aliphatic rings. The van der Waals surface area contributed by atoms with Crippen LogP contribution < -0.4 is 21.1 Å². The predicted molar refractivity (Wildman–Crippen MR) is 149 cm³/mol. The topological polar surface area (TPSA) is 111 Å². The molecule has 10 nitrogen and oxygen atoms in total. The van der Waals surface area contributed by atoms with Gasteiger partial charge in [0, 0.05) is 57.1 Å². The van der Waals surface area contributed by atoms with Crippen molar-refractivity contribution in [2.75, 3.05) is 64.9 Å². The number of ether oxygens (including phenoxy) is 1. The largest absolute Gasteiger partial charge is 0.494 e. The van der Waals surface area contributed by atoms with Crippen LogP contribution in [0.3, 0.4) is 0 Å². The number of likely N-dealkylation sites (tertiary alicyclic amines) is 1. The molecule has 0 radical (unpaired) electrons. The van der Waals surface area contributed by atoms with Gasteiger partial charge in [0.15, 0.2) is 17.5 Å². The Hall–Kier alpha value is -2.92. The molecule has 1 aliphatic carbocycles. The van der Waals surface area contributed by atoms with E-state index in [1.807, 2.05) is 9.80 Å². The van der Waals surface area contributed by atoms with Crippen LogP contribution in [0.5, 0.6) is 5.75 Å². The van der Waals surface area contributed by atoms with Gasteiger partial charge in [0.25, 0.3) is 0 Å².